The second kappa shape index (κ2) is 4.06. The van der Waals surface area contributed by atoms with Crippen LogP contribution in [0.1, 0.15) is 19.7 Å². The van der Waals surface area contributed by atoms with Crippen LogP contribution in [-0.4, -0.2) is 40.2 Å². The molecule has 1 aromatic heterocycles. The third-order valence-corrected chi connectivity index (χ3v) is 2.74. The minimum atomic E-state index is 0.525. The molecule has 2 unspecified atom stereocenters. The van der Waals surface area contributed by atoms with Crippen LogP contribution in [0.4, 0.5) is 0 Å². The molecule has 5 heteroatoms. The van der Waals surface area contributed by atoms with Gasteiger partial charge in [0.1, 0.15) is 0 Å². The molecule has 5 nitrogen and oxygen atoms in total. The van der Waals surface area contributed by atoms with Gasteiger partial charge in [0.15, 0.2) is 5.82 Å². The fraction of sp³-hybridized carbons (Fsp3) is 0.778. The van der Waals surface area contributed by atoms with E-state index in [1.165, 1.54) is 6.39 Å². The molecule has 2 heterocycles. The minimum absolute atomic E-state index is 0.525. The number of piperazine rings is 1. The van der Waals surface area contributed by atoms with Crippen molar-refractivity contribution in [3.05, 3.63) is 12.2 Å². The Balaban J connectivity index is 2.01. The maximum absolute atomic E-state index is 4.72. The topological polar surface area (TPSA) is 54.2 Å². The zero-order valence-electron chi connectivity index (χ0n) is 8.60. The van der Waals surface area contributed by atoms with Gasteiger partial charge < -0.3 is 9.84 Å². The number of nitrogens with one attached hydrogen (secondary N) is 1. The SMILES string of the molecule is CC1CNCC(C)N1Cc1ncon1. The van der Waals surface area contributed by atoms with Crippen molar-refractivity contribution in [3.63, 3.8) is 0 Å². The van der Waals surface area contributed by atoms with Gasteiger partial charge in [-0.3, -0.25) is 4.90 Å². The minimum Gasteiger partial charge on any atom is -0.343 e. The van der Waals surface area contributed by atoms with Gasteiger partial charge in [-0.15, -0.1) is 0 Å². The highest BCUT2D eigenvalue weighted by molar-refractivity contribution is 4.87. The standard InChI is InChI=1S/C9H16N4O/c1-7-3-10-4-8(2)13(7)5-9-11-6-14-12-9/h6-8,10H,3-5H2,1-2H3. The average Bonchev–Trinajstić information content (AvgIpc) is 2.64. The molecule has 14 heavy (non-hydrogen) atoms. The Labute approximate surface area is 83.5 Å². The normalized spacial score (nSPS) is 29.3. The van der Waals surface area contributed by atoms with Crippen LogP contribution in [0.5, 0.6) is 0 Å². The lowest BCUT2D eigenvalue weighted by Crippen LogP contribution is -2.54. The van der Waals surface area contributed by atoms with Crippen molar-refractivity contribution in [2.24, 2.45) is 0 Å². The molecule has 2 rings (SSSR count). The molecular formula is C9H16N4O. The summed E-state index contributed by atoms with van der Waals surface area (Å²) in [6.45, 7) is 7.26. The molecule has 0 spiro atoms. The monoisotopic (exact) mass is 196 g/mol. The van der Waals surface area contributed by atoms with E-state index in [0.29, 0.717) is 12.1 Å². The fourth-order valence-corrected chi connectivity index (χ4v) is 1.91. The van der Waals surface area contributed by atoms with Crippen LogP contribution < -0.4 is 5.32 Å². The Kier molecular flexibility index (Phi) is 2.79. The zero-order valence-corrected chi connectivity index (χ0v) is 8.60. The summed E-state index contributed by atoms with van der Waals surface area (Å²) in [5, 5.41) is 7.22. The van der Waals surface area contributed by atoms with Gasteiger partial charge in [0.2, 0.25) is 6.39 Å². The van der Waals surface area contributed by atoms with E-state index in [0.717, 1.165) is 25.5 Å². The lowest BCUT2D eigenvalue weighted by molar-refractivity contribution is 0.104. The maximum Gasteiger partial charge on any atom is 0.213 e. The number of rotatable bonds is 2. The Bertz CT molecular complexity index is 264. The van der Waals surface area contributed by atoms with E-state index in [-0.39, 0.29) is 0 Å². The van der Waals surface area contributed by atoms with Crippen LogP contribution in [0.2, 0.25) is 0 Å². The van der Waals surface area contributed by atoms with Crippen molar-refractivity contribution < 1.29 is 4.52 Å². The molecule has 1 aromatic rings. The van der Waals surface area contributed by atoms with E-state index >= 15 is 0 Å². The molecule has 0 saturated carbocycles. The van der Waals surface area contributed by atoms with Crippen LogP contribution in [0.3, 0.4) is 0 Å². The largest absolute Gasteiger partial charge is 0.343 e. The molecule has 0 aromatic carbocycles. The highest BCUT2D eigenvalue weighted by Gasteiger charge is 2.25. The second-order valence-corrected chi connectivity index (χ2v) is 3.88. The summed E-state index contributed by atoms with van der Waals surface area (Å²) >= 11 is 0. The molecule has 1 fully saturated rings. The Hall–Kier alpha value is -0.940. The molecule has 1 aliphatic rings. The summed E-state index contributed by atoms with van der Waals surface area (Å²) < 4.78 is 4.72. The first kappa shape index (κ1) is 9.61. The fourth-order valence-electron chi connectivity index (χ4n) is 1.91. The lowest BCUT2D eigenvalue weighted by Gasteiger charge is -2.38. The van der Waals surface area contributed by atoms with E-state index in [9.17, 15) is 0 Å². The van der Waals surface area contributed by atoms with Crippen LogP contribution in [0.25, 0.3) is 0 Å². The molecular weight excluding hydrogens is 180 g/mol. The van der Waals surface area contributed by atoms with Gasteiger partial charge in [-0.2, -0.15) is 4.98 Å². The van der Waals surface area contributed by atoms with Crippen LogP contribution in [-0.2, 0) is 6.54 Å². The predicted molar refractivity (Wildman–Crippen MR) is 51.6 cm³/mol. The van der Waals surface area contributed by atoms with E-state index in [1.54, 1.807) is 0 Å². The summed E-state index contributed by atoms with van der Waals surface area (Å²) in [7, 11) is 0. The van der Waals surface area contributed by atoms with Gasteiger partial charge in [-0.05, 0) is 13.8 Å². The summed E-state index contributed by atoms with van der Waals surface area (Å²) in [5.74, 6) is 0.769. The molecule has 0 aliphatic carbocycles. The molecule has 2 atom stereocenters. The van der Waals surface area contributed by atoms with Gasteiger partial charge >= 0.3 is 0 Å². The molecule has 0 amide bonds. The summed E-state index contributed by atoms with van der Waals surface area (Å²) in [4.78, 5) is 6.43. The number of hydrogen-bond donors (Lipinski definition) is 1. The third kappa shape index (κ3) is 1.93. The molecule has 78 valence electrons. The summed E-state index contributed by atoms with van der Waals surface area (Å²) in [6, 6.07) is 1.05. The van der Waals surface area contributed by atoms with E-state index < -0.39 is 0 Å². The van der Waals surface area contributed by atoms with Crippen molar-refractivity contribution in [2.75, 3.05) is 13.1 Å². The first-order valence-electron chi connectivity index (χ1n) is 4.99. The van der Waals surface area contributed by atoms with Crippen molar-refractivity contribution >= 4 is 0 Å². The highest BCUT2D eigenvalue weighted by atomic mass is 16.5. The van der Waals surface area contributed by atoms with Crippen molar-refractivity contribution in [2.45, 2.75) is 32.5 Å². The quantitative estimate of drug-likeness (QED) is 0.735. The Morgan fingerprint density at radius 1 is 1.50 bits per heavy atom. The Morgan fingerprint density at radius 2 is 2.21 bits per heavy atom. The second-order valence-electron chi connectivity index (χ2n) is 3.88. The molecule has 0 radical (unpaired) electrons. The van der Waals surface area contributed by atoms with Gasteiger partial charge in [0.05, 0.1) is 6.54 Å². The van der Waals surface area contributed by atoms with Gasteiger partial charge in [-0.25, -0.2) is 0 Å². The van der Waals surface area contributed by atoms with Crippen LogP contribution in [0, 0.1) is 0 Å². The molecule has 1 aliphatic heterocycles. The zero-order chi connectivity index (χ0) is 9.97. The first-order chi connectivity index (χ1) is 6.77. The van der Waals surface area contributed by atoms with Gasteiger partial charge in [-0.1, -0.05) is 5.16 Å². The lowest BCUT2D eigenvalue weighted by atomic mass is 10.1. The molecule has 1 N–H and O–H groups in total. The summed E-state index contributed by atoms with van der Waals surface area (Å²) in [5.41, 5.74) is 0. The van der Waals surface area contributed by atoms with Crippen LogP contribution in [0.15, 0.2) is 10.9 Å². The smallest absolute Gasteiger partial charge is 0.213 e. The molecule has 1 saturated heterocycles. The number of aromatic nitrogens is 2. The van der Waals surface area contributed by atoms with Crippen LogP contribution >= 0.6 is 0 Å². The van der Waals surface area contributed by atoms with Crippen molar-refractivity contribution in [1.29, 1.82) is 0 Å². The maximum atomic E-state index is 4.72. The average molecular weight is 196 g/mol. The third-order valence-electron chi connectivity index (χ3n) is 2.74. The van der Waals surface area contributed by atoms with Crippen molar-refractivity contribution in [3.8, 4) is 0 Å². The van der Waals surface area contributed by atoms with E-state index in [4.69, 9.17) is 4.52 Å². The first-order valence-corrected chi connectivity index (χ1v) is 4.99. The number of nitrogens with zero attached hydrogens (tertiary/aromatic N) is 3. The van der Waals surface area contributed by atoms with Gasteiger partial charge in [0, 0.05) is 25.2 Å². The van der Waals surface area contributed by atoms with Crippen molar-refractivity contribution in [1.82, 2.24) is 20.4 Å². The van der Waals surface area contributed by atoms with Gasteiger partial charge in [0.25, 0.3) is 0 Å². The number of hydrogen-bond acceptors (Lipinski definition) is 5. The highest BCUT2D eigenvalue weighted by Crippen LogP contribution is 2.12. The Morgan fingerprint density at radius 3 is 2.79 bits per heavy atom. The summed E-state index contributed by atoms with van der Waals surface area (Å²) in [6.07, 6.45) is 1.38. The van der Waals surface area contributed by atoms with E-state index in [1.807, 2.05) is 0 Å². The van der Waals surface area contributed by atoms with E-state index in [2.05, 4.69) is 34.2 Å². The molecule has 0 bridgehead atoms. The predicted octanol–water partition coefficient (Wildman–Crippen LogP) is 0.252.